The van der Waals surface area contributed by atoms with E-state index in [0.29, 0.717) is 25.1 Å². The van der Waals surface area contributed by atoms with Gasteiger partial charge in [-0.3, -0.25) is 9.59 Å². The molecule has 0 atom stereocenters. The van der Waals surface area contributed by atoms with Crippen molar-refractivity contribution in [2.24, 2.45) is 0 Å². The van der Waals surface area contributed by atoms with Gasteiger partial charge in [-0.2, -0.15) is 0 Å². The minimum atomic E-state index is -0.0911. The number of hydrogen-bond donors (Lipinski definition) is 1. The first-order valence-electron chi connectivity index (χ1n) is 8.52. The fourth-order valence-electron chi connectivity index (χ4n) is 3.29. The summed E-state index contributed by atoms with van der Waals surface area (Å²) in [4.78, 5) is 26.1. The summed E-state index contributed by atoms with van der Waals surface area (Å²) in [7, 11) is 1.63. The van der Waals surface area contributed by atoms with Gasteiger partial charge >= 0.3 is 0 Å². The third-order valence-electron chi connectivity index (χ3n) is 4.50. The predicted octanol–water partition coefficient (Wildman–Crippen LogP) is 3.94. The van der Waals surface area contributed by atoms with Crippen LogP contribution in [-0.4, -0.2) is 25.5 Å². The molecular weight excluding hydrogens is 396 g/mol. The SMILES string of the molecule is COc1ccccc1CCC(=O)Nc1cc(Br)cc2c1N(C(C)=O)CC2. The first kappa shape index (κ1) is 18.5. The van der Waals surface area contributed by atoms with E-state index in [2.05, 4.69) is 21.2 Å². The van der Waals surface area contributed by atoms with Gasteiger partial charge in [-0.25, -0.2) is 0 Å². The van der Waals surface area contributed by atoms with E-state index in [0.717, 1.165) is 33.5 Å². The molecule has 26 heavy (non-hydrogen) atoms. The minimum Gasteiger partial charge on any atom is -0.496 e. The van der Waals surface area contributed by atoms with E-state index in [-0.39, 0.29) is 11.8 Å². The summed E-state index contributed by atoms with van der Waals surface area (Å²) < 4.78 is 6.22. The van der Waals surface area contributed by atoms with Crippen LogP contribution in [0.2, 0.25) is 0 Å². The Morgan fingerprint density at radius 3 is 2.77 bits per heavy atom. The molecule has 0 saturated heterocycles. The number of rotatable bonds is 5. The molecule has 0 bridgehead atoms. The number of carbonyl (C=O) groups is 2. The lowest BCUT2D eigenvalue weighted by atomic mass is 10.1. The summed E-state index contributed by atoms with van der Waals surface area (Å²) in [6, 6.07) is 11.5. The Labute approximate surface area is 161 Å². The predicted molar refractivity (Wildman–Crippen MR) is 106 cm³/mol. The Kier molecular flexibility index (Phi) is 5.61. The van der Waals surface area contributed by atoms with Gasteiger partial charge in [0.2, 0.25) is 11.8 Å². The first-order valence-corrected chi connectivity index (χ1v) is 9.31. The quantitative estimate of drug-likeness (QED) is 0.802. The Hall–Kier alpha value is -2.34. The summed E-state index contributed by atoms with van der Waals surface area (Å²) in [5.41, 5.74) is 3.54. The summed E-state index contributed by atoms with van der Waals surface area (Å²) in [6.45, 7) is 2.19. The van der Waals surface area contributed by atoms with Crippen LogP contribution >= 0.6 is 15.9 Å². The molecule has 6 heteroatoms. The topological polar surface area (TPSA) is 58.6 Å². The number of nitrogens with one attached hydrogen (secondary N) is 1. The number of aryl methyl sites for hydroxylation is 1. The number of hydrogen-bond acceptors (Lipinski definition) is 3. The zero-order valence-corrected chi connectivity index (χ0v) is 16.4. The molecule has 2 amide bonds. The van der Waals surface area contributed by atoms with Gasteiger partial charge in [-0.1, -0.05) is 34.1 Å². The highest BCUT2D eigenvalue weighted by Gasteiger charge is 2.26. The summed E-state index contributed by atoms with van der Waals surface area (Å²) in [6.07, 6.45) is 1.71. The van der Waals surface area contributed by atoms with Crippen LogP contribution in [0.1, 0.15) is 24.5 Å². The van der Waals surface area contributed by atoms with Crippen LogP contribution in [0, 0.1) is 0 Å². The Balaban J connectivity index is 1.75. The van der Waals surface area contributed by atoms with Crippen LogP contribution < -0.4 is 15.0 Å². The van der Waals surface area contributed by atoms with Crippen molar-refractivity contribution in [3.05, 3.63) is 52.0 Å². The summed E-state index contributed by atoms with van der Waals surface area (Å²) >= 11 is 3.49. The van der Waals surface area contributed by atoms with Crippen LogP contribution in [0.3, 0.4) is 0 Å². The van der Waals surface area contributed by atoms with E-state index < -0.39 is 0 Å². The maximum atomic E-state index is 12.5. The molecule has 0 fully saturated rings. The molecular formula is C20H21BrN2O3. The number of para-hydroxylation sites is 1. The Morgan fingerprint density at radius 1 is 1.27 bits per heavy atom. The zero-order chi connectivity index (χ0) is 18.7. The fraction of sp³-hybridized carbons (Fsp3) is 0.300. The van der Waals surface area contributed by atoms with Crippen molar-refractivity contribution in [2.75, 3.05) is 23.9 Å². The lowest BCUT2D eigenvalue weighted by Crippen LogP contribution is -2.27. The molecule has 0 unspecified atom stereocenters. The molecule has 0 spiro atoms. The molecule has 0 aliphatic carbocycles. The molecule has 0 aromatic heterocycles. The number of ether oxygens (including phenoxy) is 1. The van der Waals surface area contributed by atoms with E-state index in [1.54, 1.807) is 18.9 Å². The number of nitrogens with zero attached hydrogens (tertiary/aromatic N) is 1. The van der Waals surface area contributed by atoms with E-state index in [4.69, 9.17) is 4.74 Å². The van der Waals surface area contributed by atoms with Crippen molar-refractivity contribution in [1.29, 1.82) is 0 Å². The number of amides is 2. The number of halogens is 1. The van der Waals surface area contributed by atoms with Gasteiger partial charge in [-0.05, 0) is 42.2 Å². The van der Waals surface area contributed by atoms with Crippen molar-refractivity contribution in [3.63, 3.8) is 0 Å². The molecule has 3 rings (SSSR count). The molecule has 136 valence electrons. The number of benzene rings is 2. The molecule has 2 aromatic carbocycles. The standard InChI is InChI=1S/C20H21BrN2O3/c1-13(24)23-10-9-15-11-16(21)12-17(20(15)23)22-19(25)8-7-14-5-3-4-6-18(14)26-2/h3-6,11-12H,7-10H2,1-2H3,(H,22,25). The van der Waals surface area contributed by atoms with Crippen molar-refractivity contribution >= 4 is 39.1 Å². The van der Waals surface area contributed by atoms with Gasteiger partial charge < -0.3 is 15.0 Å². The van der Waals surface area contributed by atoms with E-state index in [1.807, 2.05) is 36.4 Å². The highest BCUT2D eigenvalue weighted by molar-refractivity contribution is 9.10. The number of methoxy groups -OCH3 is 1. The molecule has 5 nitrogen and oxygen atoms in total. The second-order valence-electron chi connectivity index (χ2n) is 6.24. The van der Waals surface area contributed by atoms with Gasteiger partial charge in [0.05, 0.1) is 18.5 Å². The molecule has 1 heterocycles. The molecule has 1 aliphatic heterocycles. The molecule has 2 aromatic rings. The van der Waals surface area contributed by atoms with Crippen molar-refractivity contribution in [1.82, 2.24) is 0 Å². The molecule has 1 aliphatic rings. The van der Waals surface area contributed by atoms with Crippen LogP contribution in [0.4, 0.5) is 11.4 Å². The Bertz CT molecular complexity index is 851. The van der Waals surface area contributed by atoms with Crippen molar-refractivity contribution in [3.8, 4) is 5.75 Å². The highest BCUT2D eigenvalue weighted by atomic mass is 79.9. The Morgan fingerprint density at radius 2 is 2.04 bits per heavy atom. The van der Waals surface area contributed by atoms with Gasteiger partial charge in [0.25, 0.3) is 0 Å². The highest BCUT2D eigenvalue weighted by Crippen LogP contribution is 2.38. The van der Waals surface area contributed by atoms with E-state index >= 15 is 0 Å². The van der Waals surface area contributed by atoms with Gasteiger partial charge in [0.1, 0.15) is 5.75 Å². The number of fused-ring (bicyclic) bond motifs is 1. The van der Waals surface area contributed by atoms with Crippen LogP contribution in [0.5, 0.6) is 5.75 Å². The van der Waals surface area contributed by atoms with Crippen LogP contribution in [0.25, 0.3) is 0 Å². The third-order valence-corrected chi connectivity index (χ3v) is 4.95. The second-order valence-corrected chi connectivity index (χ2v) is 7.16. The zero-order valence-electron chi connectivity index (χ0n) is 14.8. The monoisotopic (exact) mass is 416 g/mol. The lowest BCUT2D eigenvalue weighted by Gasteiger charge is -2.19. The van der Waals surface area contributed by atoms with Crippen molar-refractivity contribution in [2.45, 2.75) is 26.2 Å². The number of anilines is 2. The molecule has 0 saturated carbocycles. The van der Waals surface area contributed by atoms with Gasteiger partial charge in [-0.15, -0.1) is 0 Å². The maximum Gasteiger partial charge on any atom is 0.224 e. The number of carbonyl (C=O) groups excluding carboxylic acids is 2. The average Bonchev–Trinajstić information content (AvgIpc) is 3.04. The van der Waals surface area contributed by atoms with E-state index in [9.17, 15) is 9.59 Å². The maximum absolute atomic E-state index is 12.5. The minimum absolute atomic E-state index is 0.0180. The fourth-order valence-corrected chi connectivity index (χ4v) is 3.79. The summed E-state index contributed by atoms with van der Waals surface area (Å²) in [5.74, 6) is 0.675. The van der Waals surface area contributed by atoms with Crippen LogP contribution in [-0.2, 0) is 22.4 Å². The molecule has 0 radical (unpaired) electrons. The third kappa shape index (κ3) is 3.90. The van der Waals surface area contributed by atoms with Crippen molar-refractivity contribution < 1.29 is 14.3 Å². The lowest BCUT2D eigenvalue weighted by molar-refractivity contribution is -0.117. The van der Waals surface area contributed by atoms with Gasteiger partial charge in [0.15, 0.2) is 0 Å². The van der Waals surface area contributed by atoms with Gasteiger partial charge in [0, 0.05) is 24.4 Å². The second kappa shape index (κ2) is 7.91. The van der Waals surface area contributed by atoms with E-state index in [1.165, 1.54) is 0 Å². The normalized spacial score (nSPS) is 12.7. The first-order chi connectivity index (χ1) is 12.5. The molecule has 1 N–H and O–H groups in total. The summed E-state index contributed by atoms with van der Waals surface area (Å²) in [5, 5.41) is 2.97. The van der Waals surface area contributed by atoms with Crippen LogP contribution in [0.15, 0.2) is 40.9 Å². The largest absolute Gasteiger partial charge is 0.496 e. The average molecular weight is 417 g/mol. The smallest absolute Gasteiger partial charge is 0.224 e.